The highest BCUT2D eigenvalue weighted by molar-refractivity contribution is 6.05. The summed E-state index contributed by atoms with van der Waals surface area (Å²) in [5, 5.41) is 6.08. The van der Waals surface area contributed by atoms with E-state index in [2.05, 4.69) is 10.6 Å². The second-order valence-corrected chi connectivity index (χ2v) is 4.25. The molecule has 80 valence electrons. The number of amides is 1. The lowest BCUT2D eigenvalue weighted by atomic mass is 9.98. The average molecular weight is 205 g/mol. The quantitative estimate of drug-likeness (QED) is 0.647. The molecule has 0 aliphatic carbocycles. The maximum Gasteiger partial charge on any atom is 0.249 e. The molecular weight excluding hydrogens is 190 g/mol. The zero-order valence-electron chi connectivity index (χ0n) is 8.92. The van der Waals surface area contributed by atoms with Gasteiger partial charge in [0.05, 0.1) is 11.4 Å². The normalized spacial score (nSPS) is 17.7. The van der Waals surface area contributed by atoms with Crippen molar-refractivity contribution < 1.29 is 4.79 Å². The highest BCUT2D eigenvalue weighted by Crippen LogP contribution is 2.33. The van der Waals surface area contributed by atoms with Crippen molar-refractivity contribution in [2.45, 2.75) is 25.9 Å². The van der Waals surface area contributed by atoms with Crippen LogP contribution in [0.1, 0.15) is 19.4 Å². The van der Waals surface area contributed by atoms with Crippen molar-refractivity contribution in [1.82, 2.24) is 0 Å². The van der Waals surface area contributed by atoms with Gasteiger partial charge in [0.15, 0.2) is 0 Å². The van der Waals surface area contributed by atoms with E-state index in [0.29, 0.717) is 6.54 Å². The first-order valence-corrected chi connectivity index (χ1v) is 4.96. The van der Waals surface area contributed by atoms with Crippen LogP contribution in [0.5, 0.6) is 0 Å². The van der Waals surface area contributed by atoms with Crippen LogP contribution >= 0.6 is 0 Å². The molecule has 15 heavy (non-hydrogen) atoms. The van der Waals surface area contributed by atoms with Gasteiger partial charge in [-0.05, 0) is 25.5 Å². The fraction of sp³-hybridized carbons (Fsp3) is 0.364. The first-order valence-electron chi connectivity index (χ1n) is 4.96. The van der Waals surface area contributed by atoms with Gasteiger partial charge < -0.3 is 16.4 Å². The number of rotatable bonds is 1. The highest BCUT2D eigenvalue weighted by atomic mass is 16.2. The number of para-hydroxylation sites is 1. The molecule has 0 saturated heterocycles. The van der Waals surface area contributed by atoms with Crippen molar-refractivity contribution in [1.29, 1.82) is 0 Å². The molecule has 0 fully saturated rings. The van der Waals surface area contributed by atoms with Crippen LogP contribution in [0.3, 0.4) is 0 Å². The molecule has 1 aliphatic heterocycles. The van der Waals surface area contributed by atoms with Crippen molar-refractivity contribution in [2.24, 2.45) is 5.73 Å². The van der Waals surface area contributed by atoms with Gasteiger partial charge in [-0.3, -0.25) is 4.79 Å². The Morgan fingerprint density at radius 1 is 1.40 bits per heavy atom. The Balaban J connectivity index is 2.50. The zero-order chi connectivity index (χ0) is 11.1. The lowest BCUT2D eigenvalue weighted by Crippen LogP contribution is -2.47. The minimum atomic E-state index is -0.585. The van der Waals surface area contributed by atoms with E-state index in [1.54, 1.807) is 0 Å². The lowest BCUT2D eigenvalue weighted by molar-refractivity contribution is -0.119. The maximum absolute atomic E-state index is 11.7. The van der Waals surface area contributed by atoms with Gasteiger partial charge in [0.2, 0.25) is 5.91 Å². The molecule has 1 aromatic rings. The van der Waals surface area contributed by atoms with Crippen LogP contribution in [0.25, 0.3) is 0 Å². The lowest BCUT2D eigenvalue weighted by Gasteiger charge is -2.33. The van der Waals surface area contributed by atoms with Crippen molar-refractivity contribution in [3.8, 4) is 0 Å². The van der Waals surface area contributed by atoms with Gasteiger partial charge in [-0.1, -0.05) is 12.1 Å². The summed E-state index contributed by atoms with van der Waals surface area (Å²) in [6.07, 6.45) is 0. The van der Waals surface area contributed by atoms with Gasteiger partial charge in [-0.2, -0.15) is 0 Å². The number of fused-ring (bicyclic) bond motifs is 1. The second-order valence-electron chi connectivity index (χ2n) is 4.25. The Labute approximate surface area is 88.9 Å². The fourth-order valence-corrected chi connectivity index (χ4v) is 1.67. The van der Waals surface area contributed by atoms with Crippen LogP contribution in [0.4, 0.5) is 11.4 Å². The topological polar surface area (TPSA) is 67.2 Å². The van der Waals surface area contributed by atoms with Crippen LogP contribution in [-0.2, 0) is 11.3 Å². The Morgan fingerprint density at radius 3 is 2.80 bits per heavy atom. The molecule has 1 heterocycles. The minimum Gasteiger partial charge on any atom is -0.370 e. The van der Waals surface area contributed by atoms with E-state index in [-0.39, 0.29) is 5.91 Å². The third-order valence-electron chi connectivity index (χ3n) is 2.62. The summed E-state index contributed by atoms with van der Waals surface area (Å²) in [5.74, 6) is -0.0239. The molecule has 1 aromatic carbocycles. The van der Waals surface area contributed by atoms with E-state index < -0.39 is 5.54 Å². The molecule has 0 saturated carbocycles. The van der Waals surface area contributed by atoms with Crippen LogP contribution in [0.2, 0.25) is 0 Å². The molecule has 0 unspecified atom stereocenters. The Bertz CT molecular complexity index is 412. The third kappa shape index (κ3) is 1.57. The summed E-state index contributed by atoms with van der Waals surface area (Å²) in [4.78, 5) is 11.7. The summed E-state index contributed by atoms with van der Waals surface area (Å²) < 4.78 is 0. The predicted molar refractivity (Wildman–Crippen MR) is 60.7 cm³/mol. The second kappa shape index (κ2) is 3.24. The number of carbonyl (C=O) groups is 1. The van der Waals surface area contributed by atoms with Crippen LogP contribution in [-0.4, -0.2) is 11.4 Å². The van der Waals surface area contributed by atoms with Crippen LogP contribution in [0.15, 0.2) is 18.2 Å². The summed E-state index contributed by atoms with van der Waals surface area (Å²) in [6, 6.07) is 5.72. The Morgan fingerprint density at radius 2 is 2.13 bits per heavy atom. The molecule has 0 aromatic heterocycles. The maximum atomic E-state index is 11.7. The van der Waals surface area contributed by atoms with Gasteiger partial charge in [0, 0.05) is 6.54 Å². The molecule has 0 radical (unpaired) electrons. The number of hydrogen-bond acceptors (Lipinski definition) is 3. The molecule has 1 aliphatic rings. The first kappa shape index (κ1) is 9.98. The smallest absolute Gasteiger partial charge is 0.249 e. The van der Waals surface area contributed by atoms with Gasteiger partial charge in [0.25, 0.3) is 0 Å². The molecule has 0 atom stereocenters. The van der Waals surface area contributed by atoms with Crippen molar-refractivity contribution in [3.05, 3.63) is 23.8 Å². The van der Waals surface area contributed by atoms with Gasteiger partial charge >= 0.3 is 0 Å². The van der Waals surface area contributed by atoms with Crippen molar-refractivity contribution in [3.63, 3.8) is 0 Å². The number of benzene rings is 1. The third-order valence-corrected chi connectivity index (χ3v) is 2.62. The van der Waals surface area contributed by atoms with E-state index in [1.807, 2.05) is 32.0 Å². The Kier molecular flexibility index (Phi) is 2.16. The number of hydrogen-bond donors (Lipinski definition) is 3. The molecular formula is C11H15N3O. The van der Waals surface area contributed by atoms with Gasteiger partial charge in [0.1, 0.15) is 5.54 Å². The number of nitrogens with one attached hydrogen (secondary N) is 2. The minimum absolute atomic E-state index is 0.0239. The predicted octanol–water partition coefficient (Wildman–Crippen LogP) is 1.29. The van der Waals surface area contributed by atoms with Crippen molar-refractivity contribution in [2.75, 3.05) is 10.6 Å². The molecule has 1 amide bonds. The molecule has 2 rings (SSSR count). The molecule has 0 spiro atoms. The number of carbonyl (C=O) groups excluding carboxylic acids is 1. The zero-order valence-corrected chi connectivity index (χ0v) is 8.92. The Hall–Kier alpha value is -1.55. The summed E-state index contributed by atoms with van der Waals surface area (Å²) in [5.41, 5.74) is 7.82. The first-order chi connectivity index (χ1) is 7.04. The van der Waals surface area contributed by atoms with E-state index in [4.69, 9.17) is 5.73 Å². The SMILES string of the molecule is CC1(C)Nc2c(CN)cccc2NC1=O. The standard InChI is InChI=1S/C11H15N3O/c1-11(2)10(15)13-8-5-3-4-7(6-12)9(8)14-11/h3-5,14H,6,12H2,1-2H3,(H,13,15). The largest absolute Gasteiger partial charge is 0.370 e. The highest BCUT2D eigenvalue weighted by Gasteiger charge is 2.33. The fourth-order valence-electron chi connectivity index (χ4n) is 1.67. The molecule has 4 nitrogen and oxygen atoms in total. The number of nitrogens with two attached hydrogens (primary N) is 1. The van der Waals surface area contributed by atoms with E-state index in [9.17, 15) is 4.79 Å². The van der Waals surface area contributed by atoms with E-state index in [1.165, 1.54) is 0 Å². The van der Waals surface area contributed by atoms with Gasteiger partial charge in [-0.25, -0.2) is 0 Å². The van der Waals surface area contributed by atoms with Crippen LogP contribution in [0, 0.1) is 0 Å². The van der Waals surface area contributed by atoms with Gasteiger partial charge in [-0.15, -0.1) is 0 Å². The van der Waals surface area contributed by atoms with E-state index >= 15 is 0 Å². The summed E-state index contributed by atoms with van der Waals surface area (Å²) >= 11 is 0. The summed E-state index contributed by atoms with van der Waals surface area (Å²) in [7, 11) is 0. The molecule has 4 heteroatoms. The van der Waals surface area contributed by atoms with Crippen LogP contribution < -0.4 is 16.4 Å². The molecule has 0 bridgehead atoms. The molecule has 4 N–H and O–H groups in total. The van der Waals surface area contributed by atoms with Crippen molar-refractivity contribution >= 4 is 17.3 Å². The van der Waals surface area contributed by atoms with E-state index in [0.717, 1.165) is 16.9 Å². The monoisotopic (exact) mass is 205 g/mol. The summed E-state index contributed by atoms with van der Waals surface area (Å²) in [6.45, 7) is 4.15. The average Bonchev–Trinajstić information content (AvgIpc) is 2.18. The number of anilines is 2.